The molecule has 0 saturated carbocycles. The average Bonchev–Trinajstić information content (AvgIpc) is 2.32. The summed E-state index contributed by atoms with van der Waals surface area (Å²) in [6.45, 7) is 7.31. The molecule has 0 spiro atoms. The Morgan fingerprint density at radius 3 is 2.32 bits per heavy atom. The molecule has 6 heteroatoms. The van der Waals surface area contributed by atoms with Crippen LogP contribution in [0.4, 0.5) is 5.69 Å². The lowest BCUT2D eigenvalue weighted by atomic mass is 10.1. The van der Waals surface area contributed by atoms with E-state index in [0.29, 0.717) is 11.3 Å². The lowest BCUT2D eigenvalue weighted by molar-refractivity contribution is 0.0276. The smallest absolute Gasteiger partial charge is 0.242 e. The first kappa shape index (κ1) is 15.9. The van der Waals surface area contributed by atoms with Crippen molar-refractivity contribution in [2.75, 3.05) is 19.4 Å². The van der Waals surface area contributed by atoms with Crippen LogP contribution < -0.4 is 10.5 Å². The van der Waals surface area contributed by atoms with Gasteiger partial charge in [0.05, 0.1) is 11.3 Å². The van der Waals surface area contributed by atoms with Crippen molar-refractivity contribution < 1.29 is 13.2 Å². The van der Waals surface area contributed by atoms with E-state index < -0.39 is 15.6 Å². The van der Waals surface area contributed by atoms with Gasteiger partial charge in [0.15, 0.2) is 0 Å². The number of ether oxygens (including phenoxy) is 1. The molecule has 1 aromatic rings. The third-order valence-corrected chi connectivity index (χ3v) is 4.72. The molecule has 0 saturated heterocycles. The second kappa shape index (κ2) is 5.48. The highest BCUT2D eigenvalue weighted by molar-refractivity contribution is 7.89. The molecule has 0 unspecified atom stereocenters. The summed E-state index contributed by atoms with van der Waals surface area (Å²) >= 11 is 0. The second-order valence-corrected chi connectivity index (χ2v) is 6.93. The normalized spacial score (nSPS) is 12.7. The van der Waals surface area contributed by atoms with Crippen molar-refractivity contribution in [2.45, 2.75) is 38.2 Å². The zero-order valence-corrected chi connectivity index (χ0v) is 12.9. The largest absolute Gasteiger partial charge is 0.397 e. The van der Waals surface area contributed by atoms with Gasteiger partial charge in [-0.2, -0.15) is 0 Å². The molecule has 0 heterocycles. The molecule has 0 bridgehead atoms. The Morgan fingerprint density at radius 2 is 1.79 bits per heavy atom. The molecule has 0 fully saturated rings. The number of methoxy groups -OCH3 is 1. The van der Waals surface area contributed by atoms with Gasteiger partial charge in [0.25, 0.3) is 0 Å². The van der Waals surface area contributed by atoms with Gasteiger partial charge in [0.2, 0.25) is 10.0 Å². The molecule has 5 nitrogen and oxygen atoms in total. The Bertz CT molecular complexity index is 565. The van der Waals surface area contributed by atoms with E-state index in [1.807, 2.05) is 19.9 Å². The SMILES string of the molecule is COC(C)(C)CNS(=O)(=O)c1c(C)ccc(C)c1N. The summed E-state index contributed by atoms with van der Waals surface area (Å²) in [5.74, 6) is 0. The van der Waals surface area contributed by atoms with Gasteiger partial charge in [-0.25, -0.2) is 13.1 Å². The van der Waals surface area contributed by atoms with Crippen LogP contribution in [0.1, 0.15) is 25.0 Å². The highest BCUT2D eigenvalue weighted by atomic mass is 32.2. The topological polar surface area (TPSA) is 81.4 Å². The summed E-state index contributed by atoms with van der Waals surface area (Å²) in [4.78, 5) is 0.152. The summed E-state index contributed by atoms with van der Waals surface area (Å²) in [5.41, 5.74) is 6.99. The summed E-state index contributed by atoms with van der Waals surface area (Å²) in [6.07, 6.45) is 0. The van der Waals surface area contributed by atoms with Gasteiger partial charge < -0.3 is 10.5 Å². The molecule has 0 amide bonds. The molecule has 0 aromatic heterocycles. The standard InChI is InChI=1S/C13H22N2O3S/c1-9-6-7-10(2)12(11(9)14)19(16,17)15-8-13(3,4)18-5/h6-7,15H,8,14H2,1-5H3. The molecular formula is C13H22N2O3S. The zero-order chi connectivity index (χ0) is 14.8. The van der Waals surface area contributed by atoms with E-state index >= 15 is 0 Å². The third kappa shape index (κ3) is 3.68. The lowest BCUT2D eigenvalue weighted by Gasteiger charge is -2.23. The monoisotopic (exact) mass is 286 g/mol. The van der Waals surface area contributed by atoms with Crippen molar-refractivity contribution in [3.63, 3.8) is 0 Å². The summed E-state index contributed by atoms with van der Waals surface area (Å²) in [7, 11) is -2.10. The summed E-state index contributed by atoms with van der Waals surface area (Å²) < 4.78 is 32.4. The maximum atomic E-state index is 12.3. The summed E-state index contributed by atoms with van der Waals surface area (Å²) in [5, 5.41) is 0. The zero-order valence-electron chi connectivity index (χ0n) is 12.1. The molecule has 0 radical (unpaired) electrons. The van der Waals surface area contributed by atoms with E-state index in [9.17, 15) is 8.42 Å². The van der Waals surface area contributed by atoms with Crippen LogP contribution in [0, 0.1) is 13.8 Å². The number of benzene rings is 1. The number of nitrogens with one attached hydrogen (secondary N) is 1. The molecule has 0 aliphatic carbocycles. The minimum atomic E-state index is -3.64. The fourth-order valence-corrected chi connectivity index (χ4v) is 3.20. The van der Waals surface area contributed by atoms with Gasteiger partial charge in [-0.15, -0.1) is 0 Å². The number of nitrogens with two attached hydrogens (primary N) is 1. The fraction of sp³-hybridized carbons (Fsp3) is 0.538. The van der Waals surface area contributed by atoms with Crippen LogP contribution in [0.2, 0.25) is 0 Å². The van der Waals surface area contributed by atoms with Crippen molar-refractivity contribution in [2.24, 2.45) is 0 Å². The van der Waals surface area contributed by atoms with Crippen LogP contribution in [0.25, 0.3) is 0 Å². The van der Waals surface area contributed by atoms with E-state index in [0.717, 1.165) is 5.56 Å². The van der Waals surface area contributed by atoms with Gasteiger partial charge in [-0.05, 0) is 38.8 Å². The molecule has 19 heavy (non-hydrogen) atoms. The maximum absolute atomic E-state index is 12.3. The van der Waals surface area contributed by atoms with E-state index in [1.165, 1.54) is 0 Å². The lowest BCUT2D eigenvalue weighted by Crippen LogP contribution is -2.40. The van der Waals surface area contributed by atoms with Crippen LogP contribution in [-0.2, 0) is 14.8 Å². The first-order chi connectivity index (χ1) is 8.60. The number of nitrogen functional groups attached to an aromatic ring is 1. The van der Waals surface area contributed by atoms with E-state index in [2.05, 4.69) is 4.72 Å². The molecule has 3 N–H and O–H groups in total. The third-order valence-electron chi connectivity index (χ3n) is 3.12. The Balaban J connectivity index is 3.12. The molecule has 0 aliphatic heterocycles. The molecular weight excluding hydrogens is 264 g/mol. The van der Waals surface area contributed by atoms with E-state index in [4.69, 9.17) is 10.5 Å². The minimum absolute atomic E-state index is 0.152. The number of aryl methyl sites for hydroxylation is 2. The quantitative estimate of drug-likeness (QED) is 0.805. The van der Waals surface area contributed by atoms with E-state index in [-0.39, 0.29) is 11.4 Å². The Kier molecular flexibility index (Phi) is 4.60. The van der Waals surface area contributed by atoms with Crippen molar-refractivity contribution in [1.82, 2.24) is 4.72 Å². The van der Waals surface area contributed by atoms with Crippen LogP contribution in [0.5, 0.6) is 0 Å². The van der Waals surface area contributed by atoms with Crippen molar-refractivity contribution in [3.05, 3.63) is 23.3 Å². The fourth-order valence-electron chi connectivity index (χ4n) is 1.58. The van der Waals surface area contributed by atoms with Crippen molar-refractivity contribution in [3.8, 4) is 0 Å². The molecule has 1 rings (SSSR count). The van der Waals surface area contributed by atoms with E-state index in [1.54, 1.807) is 27.0 Å². The van der Waals surface area contributed by atoms with Gasteiger partial charge in [0.1, 0.15) is 4.90 Å². The number of sulfonamides is 1. The Hall–Kier alpha value is -1.11. The van der Waals surface area contributed by atoms with Crippen LogP contribution in [-0.4, -0.2) is 27.7 Å². The maximum Gasteiger partial charge on any atom is 0.242 e. The van der Waals surface area contributed by atoms with Crippen LogP contribution in [0.15, 0.2) is 17.0 Å². The average molecular weight is 286 g/mol. The molecule has 0 aliphatic rings. The molecule has 0 atom stereocenters. The molecule has 108 valence electrons. The highest BCUT2D eigenvalue weighted by Gasteiger charge is 2.25. The minimum Gasteiger partial charge on any atom is -0.397 e. The van der Waals surface area contributed by atoms with Gasteiger partial charge in [0, 0.05) is 13.7 Å². The predicted molar refractivity (Wildman–Crippen MR) is 76.6 cm³/mol. The molecule has 1 aromatic carbocycles. The summed E-state index contributed by atoms with van der Waals surface area (Å²) in [6, 6.07) is 3.56. The predicted octanol–water partition coefficient (Wildman–Crippen LogP) is 1.59. The van der Waals surface area contributed by atoms with Crippen molar-refractivity contribution >= 4 is 15.7 Å². The van der Waals surface area contributed by atoms with Crippen LogP contribution >= 0.6 is 0 Å². The number of rotatable bonds is 5. The van der Waals surface area contributed by atoms with Gasteiger partial charge in [-0.3, -0.25) is 0 Å². The van der Waals surface area contributed by atoms with Crippen molar-refractivity contribution in [1.29, 1.82) is 0 Å². The van der Waals surface area contributed by atoms with Gasteiger partial charge >= 0.3 is 0 Å². The van der Waals surface area contributed by atoms with Gasteiger partial charge in [-0.1, -0.05) is 12.1 Å². The Morgan fingerprint density at radius 1 is 1.26 bits per heavy atom. The number of hydrogen-bond donors (Lipinski definition) is 2. The highest BCUT2D eigenvalue weighted by Crippen LogP contribution is 2.25. The first-order valence-electron chi connectivity index (χ1n) is 6.01. The Labute approximate surface area is 115 Å². The number of anilines is 1. The first-order valence-corrected chi connectivity index (χ1v) is 7.49. The second-order valence-electron chi connectivity index (χ2n) is 5.23. The van der Waals surface area contributed by atoms with Crippen LogP contribution in [0.3, 0.4) is 0 Å². The number of hydrogen-bond acceptors (Lipinski definition) is 4.